The lowest BCUT2D eigenvalue weighted by Gasteiger charge is -2.39. The smallest absolute Gasteiger partial charge is 0.264 e. The number of carbonyl (C=O) groups is 1. The maximum Gasteiger partial charge on any atom is 0.264 e. The van der Waals surface area contributed by atoms with Gasteiger partial charge in [-0.3, -0.25) is 9.69 Å². The molecule has 0 aliphatic carbocycles. The van der Waals surface area contributed by atoms with E-state index < -0.39 is 0 Å². The predicted molar refractivity (Wildman–Crippen MR) is 93.5 cm³/mol. The van der Waals surface area contributed by atoms with Gasteiger partial charge in [0.25, 0.3) is 5.91 Å². The predicted octanol–water partition coefficient (Wildman–Crippen LogP) is 2.09. The number of carbonyl (C=O) groups excluding carboxylic acids is 1. The van der Waals surface area contributed by atoms with E-state index in [-0.39, 0.29) is 12.0 Å². The number of nitrogens with zero attached hydrogens (tertiary/aromatic N) is 2. The first-order chi connectivity index (χ1) is 11.8. The minimum Gasteiger partial charge on any atom is -0.381 e. The Labute approximate surface area is 147 Å². The van der Waals surface area contributed by atoms with E-state index in [2.05, 4.69) is 4.90 Å². The van der Waals surface area contributed by atoms with Gasteiger partial charge in [-0.05, 0) is 30.7 Å². The van der Waals surface area contributed by atoms with Crippen molar-refractivity contribution in [3.8, 4) is 0 Å². The highest BCUT2D eigenvalue weighted by atomic mass is 32.1. The van der Waals surface area contributed by atoms with E-state index in [0.29, 0.717) is 12.0 Å². The Morgan fingerprint density at radius 3 is 2.79 bits per heavy atom. The third-order valence-corrected chi connectivity index (χ3v) is 6.46. The van der Waals surface area contributed by atoms with Crippen molar-refractivity contribution in [3.05, 3.63) is 22.4 Å². The van der Waals surface area contributed by atoms with Crippen molar-refractivity contribution >= 4 is 17.2 Å². The first kappa shape index (κ1) is 16.5. The fourth-order valence-electron chi connectivity index (χ4n) is 4.20. The highest BCUT2D eigenvalue weighted by molar-refractivity contribution is 7.12. The van der Waals surface area contributed by atoms with Crippen molar-refractivity contribution in [1.29, 1.82) is 0 Å². The average Bonchev–Trinajstić information content (AvgIpc) is 3.08. The van der Waals surface area contributed by atoms with Crippen LogP contribution in [0.15, 0.2) is 17.5 Å². The average molecular weight is 350 g/mol. The molecule has 3 aliphatic rings. The van der Waals surface area contributed by atoms with Gasteiger partial charge < -0.3 is 14.4 Å². The Bertz CT molecular complexity index is 544. The molecule has 0 aromatic carbocycles. The van der Waals surface area contributed by atoms with Gasteiger partial charge in [-0.15, -0.1) is 11.3 Å². The molecule has 4 rings (SSSR count). The SMILES string of the molecule is O=C(c1cccs1)N1CC[C@@H]2CN(C3CCOCC3)CCO[C@@H]2C1. The van der Waals surface area contributed by atoms with Crippen molar-refractivity contribution in [3.63, 3.8) is 0 Å². The summed E-state index contributed by atoms with van der Waals surface area (Å²) in [5.41, 5.74) is 0. The summed E-state index contributed by atoms with van der Waals surface area (Å²) < 4.78 is 11.7. The molecule has 0 bridgehead atoms. The molecule has 0 spiro atoms. The van der Waals surface area contributed by atoms with Crippen LogP contribution >= 0.6 is 11.3 Å². The number of piperidine rings is 1. The minimum absolute atomic E-state index is 0.164. The zero-order chi connectivity index (χ0) is 16.4. The molecular weight excluding hydrogens is 324 g/mol. The Kier molecular flexibility index (Phi) is 5.17. The van der Waals surface area contributed by atoms with Gasteiger partial charge in [0, 0.05) is 51.4 Å². The van der Waals surface area contributed by atoms with Crippen LogP contribution in [0.1, 0.15) is 28.9 Å². The molecule has 1 amide bonds. The zero-order valence-electron chi connectivity index (χ0n) is 14.1. The Balaban J connectivity index is 1.38. The maximum absolute atomic E-state index is 12.6. The third kappa shape index (κ3) is 3.52. The molecule has 132 valence electrons. The highest BCUT2D eigenvalue weighted by Crippen LogP contribution is 2.28. The number of rotatable bonds is 2. The Morgan fingerprint density at radius 2 is 2.00 bits per heavy atom. The van der Waals surface area contributed by atoms with Gasteiger partial charge in [-0.1, -0.05) is 6.07 Å². The largest absolute Gasteiger partial charge is 0.381 e. The summed E-state index contributed by atoms with van der Waals surface area (Å²) in [6, 6.07) is 4.50. The second-order valence-electron chi connectivity index (χ2n) is 7.02. The molecule has 6 heteroatoms. The highest BCUT2D eigenvalue weighted by Gasteiger charge is 2.37. The van der Waals surface area contributed by atoms with E-state index in [9.17, 15) is 4.79 Å². The molecule has 0 saturated carbocycles. The summed E-state index contributed by atoms with van der Waals surface area (Å²) in [6.45, 7) is 6.26. The summed E-state index contributed by atoms with van der Waals surface area (Å²) in [7, 11) is 0. The van der Waals surface area contributed by atoms with Crippen LogP contribution in [0, 0.1) is 5.92 Å². The molecule has 2 atom stereocenters. The molecule has 5 nitrogen and oxygen atoms in total. The van der Waals surface area contributed by atoms with Crippen LogP contribution in [0.5, 0.6) is 0 Å². The lowest BCUT2D eigenvalue weighted by molar-refractivity contribution is -0.0172. The van der Waals surface area contributed by atoms with Crippen LogP contribution in [-0.2, 0) is 9.47 Å². The van der Waals surface area contributed by atoms with E-state index >= 15 is 0 Å². The summed E-state index contributed by atoms with van der Waals surface area (Å²) in [5, 5.41) is 1.97. The van der Waals surface area contributed by atoms with Crippen LogP contribution in [0.3, 0.4) is 0 Å². The van der Waals surface area contributed by atoms with Gasteiger partial charge in [0.15, 0.2) is 0 Å². The van der Waals surface area contributed by atoms with E-state index in [4.69, 9.17) is 9.47 Å². The van der Waals surface area contributed by atoms with Gasteiger partial charge >= 0.3 is 0 Å². The number of amides is 1. The van der Waals surface area contributed by atoms with Crippen molar-refractivity contribution in [2.75, 3.05) is 46.0 Å². The molecule has 3 fully saturated rings. The zero-order valence-corrected chi connectivity index (χ0v) is 14.9. The van der Waals surface area contributed by atoms with Crippen LogP contribution in [0.4, 0.5) is 0 Å². The normalized spacial score (nSPS) is 29.9. The van der Waals surface area contributed by atoms with Gasteiger partial charge in [-0.25, -0.2) is 0 Å². The number of thiophene rings is 1. The minimum atomic E-state index is 0.164. The molecule has 1 aromatic heterocycles. The quantitative estimate of drug-likeness (QED) is 0.819. The van der Waals surface area contributed by atoms with E-state index in [1.54, 1.807) is 0 Å². The Morgan fingerprint density at radius 1 is 1.12 bits per heavy atom. The monoisotopic (exact) mass is 350 g/mol. The van der Waals surface area contributed by atoms with Gasteiger partial charge in [0.05, 0.1) is 17.6 Å². The van der Waals surface area contributed by atoms with Crippen LogP contribution in [0.2, 0.25) is 0 Å². The third-order valence-electron chi connectivity index (χ3n) is 5.60. The second-order valence-corrected chi connectivity index (χ2v) is 7.97. The summed E-state index contributed by atoms with van der Waals surface area (Å²) in [5.74, 6) is 0.709. The standard InChI is InChI=1S/C18H26N2O3S/c21-18(17-2-1-11-24-17)20-6-3-14-12-19(7-10-23-16(14)13-20)15-4-8-22-9-5-15/h1-2,11,14-16H,3-10,12-13H2/t14-,16-/m1/s1. The lowest BCUT2D eigenvalue weighted by Crippen LogP contribution is -2.50. The molecule has 1 aromatic rings. The molecular formula is C18H26N2O3S. The molecule has 4 heterocycles. The molecule has 3 aliphatic heterocycles. The topological polar surface area (TPSA) is 42.0 Å². The molecule has 24 heavy (non-hydrogen) atoms. The summed E-state index contributed by atoms with van der Waals surface area (Å²) in [4.78, 5) is 18.0. The first-order valence-corrected chi connectivity index (χ1v) is 9.95. The molecule has 3 saturated heterocycles. The summed E-state index contributed by atoms with van der Waals surface area (Å²) in [6.07, 6.45) is 3.51. The number of fused-ring (bicyclic) bond motifs is 1. The van der Waals surface area contributed by atoms with Crippen LogP contribution in [-0.4, -0.2) is 73.9 Å². The fraction of sp³-hybridized carbons (Fsp3) is 0.722. The number of hydrogen-bond acceptors (Lipinski definition) is 5. The lowest BCUT2D eigenvalue weighted by atomic mass is 9.92. The van der Waals surface area contributed by atoms with Crippen molar-refractivity contribution in [1.82, 2.24) is 9.80 Å². The van der Waals surface area contributed by atoms with Crippen molar-refractivity contribution < 1.29 is 14.3 Å². The molecule has 0 N–H and O–H groups in total. The van der Waals surface area contributed by atoms with Gasteiger partial charge in [0.1, 0.15) is 0 Å². The second kappa shape index (κ2) is 7.52. The van der Waals surface area contributed by atoms with E-state index in [1.165, 1.54) is 11.3 Å². The maximum atomic E-state index is 12.6. The first-order valence-electron chi connectivity index (χ1n) is 9.07. The van der Waals surface area contributed by atoms with E-state index in [1.807, 2.05) is 22.4 Å². The summed E-state index contributed by atoms with van der Waals surface area (Å²) >= 11 is 1.53. The number of hydrogen-bond donors (Lipinski definition) is 0. The van der Waals surface area contributed by atoms with Crippen LogP contribution in [0.25, 0.3) is 0 Å². The van der Waals surface area contributed by atoms with E-state index in [0.717, 1.165) is 70.1 Å². The Hall–Kier alpha value is -0.950. The van der Waals surface area contributed by atoms with Gasteiger partial charge in [0.2, 0.25) is 0 Å². The van der Waals surface area contributed by atoms with Crippen LogP contribution < -0.4 is 0 Å². The number of likely N-dealkylation sites (tertiary alicyclic amines) is 1. The fourth-order valence-corrected chi connectivity index (χ4v) is 4.89. The van der Waals surface area contributed by atoms with Gasteiger partial charge in [-0.2, -0.15) is 0 Å². The van der Waals surface area contributed by atoms with Crippen molar-refractivity contribution in [2.24, 2.45) is 5.92 Å². The number of ether oxygens (including phenoxy) is 2. The molecule has 0 radical (unpaired) electrons. The van der Waals surface area contributed by atoms with Crippen molar-refractivity contribution in [2.45, 2.75) is 31.4 Å². The molecule has 0 unspecified atom stereocenters.